The van der Waals surface area contributed by atoms with Crippen LogP contribution in [0, 0.1) is 0 Å². The van der Waals surface area contributed by atoms with Crippen molar-refractivity contribution in [1.29, 1.82) is 0 Å². The molecule has 0 aliphatic carbocycles. The summed E-state index contributed by atoms with van der Waals surface area (Å²) in [6.07, 6.45) is 1.18. The minimum absolute atomic E-state index is 0.117. The molecular weight excluding hydrogens is 272 g/mol. The molecule has 0 radical (unpaired) electrons. The number of aromatic nitrogens is 2. The summed E-state index contributed by atoms with van der Waals surface area (Å²) in [7, 11) is 0. The number of ether oxygens (including phenoxy) is 1. The Balaban J connectivity index is 2.03. The van der Waals surface area contributed by atoms with Crippen molar-refractivity contribution >= 4 is 10.9 Å². The Bertz CT molecular complexity index is 746. The molecule has 0 aliphatic rings. The van der Waals surface area contributed by atoms with Crippen LogP contribution in [0.15, 0.2) is 48.5 Å². The fourth-order valence-corrected chi connectivity index (χ4v) is 2.89. The van der Waals surface area contributed by atoms with Crippen LogP contribution in [-0.2, 0) is 0 Å². The quantitative estimate of drug-likeness (QED) is 0.727. The van der Waals surface area contributed by atoms with E-state index in [4.69, 9.17) is 4.74 Å². The number of nitrogens with zero attached hydrogens (tertiary/aromatic N) is 1. The second-order valence-corrected chi connectivity index (χ2v) is 5.87. The van der Waals surface area contributed by atoms with Crippen molar-refractivity contribution in [2.45, 2.75) is 39.2 Å². The van der Waals surface area contributed by atoms with Crippen LogP contribution in [0.4, 0.5) is 0 Å². The van der Waals surface area contributed by atoms with E-state index in [0.29, 0.717) is 11.8 Å². The summed E-state index contributed by atoms with van der Waals surface area (Å²) in [6, 6.07) is 17.1. The smallest absolute Gasteiger partial charge is 0.240 e. The van der Waals surface area contributed by atoms with Gasteiger partial charge in [0.2, 0.25) is 5.88 Å². The zero-order valence-electron chi connectivity index (χ0n) is 13.3. The fraction of sp³-hybridized carbons (Fsp3) is 0.316. The normalized spacial score (nSPS) is 12.7. The van der Waals surface area contributed by atoms with Gasteiger partial charge in [0.15, 0.2) is 0 Å². The highest BCUT2D eigenvalue weighted by molar-refractivity contribution is 5.84. The maximum atomic E-state index is 5.80. The third kappa shape index (κ3) is 2.84. The number of hydrogen-bond acceptors (Lipinski definition) is 2. The first kappa shape index (κ1) is 14.6. The second-order valence-electron chi connectivity index (χ2n) is 5.87. The molecular formula is C19H22N2O. The molecule has 3 nitrogen and oxygen atoms in total. The van der Waals surface area contributed by atoms with Gasteiger partial charge in [-0.1, -0.05) is 43.3 Å². The lowest BCUT2D eigenvalue weighted by molar-refractivity contribution is 0.235. The van der Waals surface area contributed by atoms with Crippen molar-refractivity contribution < 1.29 is 4.74 Å². The monoisotopic (exact) mass is 294 g/mol. The minimum atomic E-state index is 0.117. The molecule has 1 atom stereocenters. The van der Waals surface area contributed by atoms with Gasteiger partial charge in [-0.25, -0.2) is 0 Å². The zero-order valence-corrected chi connectivity index (χ0v) is 13.3. The molecule has 1 unspecified atom stereocenters. The summed E-state index contributed by atoms with van der Waals surface area (Å²) >= 11 is 0. The van der Waals surface area contributed by atoms with Crippen molar-refractivity contribution in [3.8, 4) is 5.88 Å². The van der Waals surface area contributed by atoms with Crippen LogP contribution in [0.5, 0.6) is 5.88 Å². The Morgan fingerprint density at radius 3 is 2.50 bits per heavy atom. The van der Waals surface area contributed by atoms with Crippen molar-refractivity contribution in [3.05, 3.63) is 59.7 Å². The molecule has 22 heavy (non-hydrogen) atoms. The van der Waals surface area contributed by atoms with Gasteiger partial charge in [0.1, 0.15) is 0 Å². The van der Waals surface area contributed by atoms with Crippen LogP contribution >= 0.6 is 0 Å². The Labute approximate surface area is 131 Å². The predicted molar refractivity (Wildman–Crippen MR) is 90.4 cm³/mol. The molecule has 114 valence electrons. The van der Waals surface area contributed by atoms with Gasteiger partial charge in [0.25, 0.3) is 0 Å². The first-order valence-electron chi connectivity index (χ1n) is 7.88. The summed E-state index contributed by atoms with van der Waals surface area (Å²) in [5, 5.41) is 8.39. The number of benzene rings is 2. The maximum Gasteiger partial charge on any atom is 0.240 e. The van der Waals surface area contributed by atoms with Crippen LogP contribution in [0.2, 0.25) is 0 Å². The van der Waals surface area contributed by atoms with Gasteiger partial charge in [0, 0.05) is 5.92 Å². The molecule has 0 bridgehead atoms. The molecule has 0 amide bonds. The Morgan fingerprint density at radius 1 is 1.05 bits per heavy atom. The largest absolute Gasteiger partial charge is 0.473 e. The summed E-state index contributed by atoms with van der Waals surface area (Å²) in [5.41, 5.74) is 3.66. The van der Waals surface area contributed by atoms with E-state index in [1.165, 1.54) is 11.1 Å². The van der Waals surface area contributed by atoms with Crippen LogP contribution in [0.3, 0.4) is 0 Å². The van der Waals surface area contributed by atoms with Gasteiger partial charge in [-0.15, -0.1) is 5.10 Å². The van der Waals surface area contributed by atoms with E-state index in [9.17, 15) is 0 Å². The van der Waals surface area contributed by atoms with Crippen molar-refractivity contribution in [3.63, 3.8) is 0 Å². The molecule has 1 heterocycles. The predicted octanol–water partition coefficient (Wildman–Crippen LogP) is 4.89. The lowest BCUT2D eigenvalue weighted by Gasteiger charge is -2.16. The topological polar surface area (TPSA) is 37.9 Å². The van der Waals surface area contributed by atoms with Gasteiger partial charge in [-0.2, -0.15) is 0 Å². The molecule has 3 aromatic rings. The number of hydrogen-bond donors (Lipinski definition) is 1. The molecule has 1 N–H and O–H groups in total. The highest BCUT2D eigenvalue weighted by Crippen LogP contribution is 2.32. The van der Waals surface area contributed by atoms with E-state index in [-0.39, 0.29) is 6.10 Å². The Morgan fingerprint density at radius 2 is 1.82 bits per heavy atom. The van der Waals surface area contributed by atoms with E-state index in [1.807, 2.05) is 13.8 Å². The summed E-state index contributed by atoms with van der Waals surface area (Å²) in [6.45, 7) is 6.26. The van der Waals surface area contributed by atoms with Gasteiger partial charge < -0.3 is 4.74 Å². The van der Waals surface area contributed by atoms with Crippen LogP contribution < -0.4 is 4.74 Å². The molecule has 2 aromatic carbocycles. The minimum Gasteiger partial charge on any atom is -0.473 e. The van der Waals surface area contributed by atoms with E-state index in [1.54, 1.807) is 0 Å². The molecule has 0 saturated heterocycles. The van der Waals surface area contributed by atoms with Crippen molar-refractivity contribution in [1.82, 2.24) is 10.2 Å². The number of fused-ring (bicyclic) bond motifs is 1. The maximum absolute atomic E-state index is 5.80. The first-order chi connectivity index (χ1) is 10.7. The fourth-order valence-electron chi connectivity index (χ4n) is 2.89. The third-order valence-corrected chi connectivity index (χ3v) is 3.91. The van der Waals surface area contributed by atoms with Gasteiger partial charge >= 0.3 is 0 Å². The lowest BCUT2D eigenvalue weighted by atomic mass is 9.89. The Kier molecular flexibility index (Phi) is 4.14. The number of H-pyrrole nitrogens is 1. The van der Waals surface area contributed by atoms with Gasteiger partial charge in [-0.05, 0) is 43.5 Å². The molecule has 1 aromatic heterocycles. The molecule has 0 spiro atoms. The highest BCUT2D eigenvalue weighted by atomic mass is 16.5. The second kappa shape index (κ2) is 6.22. The molecule has 0 saturated carbocycles. The molecule has 0 aliphatic heterocycles. The van der Waals surface area contributed by atoms with E-state index < -0.39 is 0 Å². The lowest BCUT2D eigenvalue weighted by Crippen LogP contribution is -2.06. The van der Waals surface area contributed by atoms with Crippen LogP contribution in [0.25, 0.3) is 10.9 Å². The van der Waals surface area contributed by atoms with Gasteiger partial charge in [-0.3, -0.25) is 5.10 Å². The third-order valence-electron chi connectivity index (χ3n) is 3.91. The number of aromatic amines is 1. The zero-order chi connectivity index (χ0) is 15.5. The number of rotatable bonds is 5. The highest BCUT2D eigenvalue weighted by Gasteiger charge is 2.15. The van der Waals surface area contributed by atoms with Crippen molar-refractivity contribution in [2.24, 2.45) is 0 Å². The summed E-state index contributed by atoms with van der Waals surface area (Å²) < 4.78 is 5.80. The van der Waals surface area contributed by atoms with E-state index >= 15 is 0 Å². The summed E-state index contributed by atoms with van der Waals surface area (Å²) in [4.78, 5) is 0. The summed E-state index contributed by atoms with van der Waals surface area (Å²) in [5.74, 6) is 1.09. The van der Waals surface area contributed by atoms with Crippen LogP contribution in [-0.4, -0.2) is 16.3 Å². The standard InChI is InChI=1S/C19H22N2O/c1-4-16(14-8-6-5-7-9-14)15-10-11-18-17(12-15)19(21-20-18)22-13(2)3/h5-13,16H,4H2,1-3H3,(H,20,21). The molecule has 0 fully saturated rings. The van der Waals surface area contributed by atoms with E-state index in [2.05, 4.69) is 65.7 Å². The van der Waals surface area contributed by atoms with Crippen molar-refractivity contribution in [2.75, 3.05) is 0 Å². The number of nitrogens with one attached hydrogen (secondary N) is 1. The van der Waals surface area contributed by atoms with E-state index in [0.717, 1.165) is 17.3 Å². The average Bonchev–Trinajstić information content (AvgIpc) is 2.91. The first-order valence-corrected chi connectivity index (χ1v) is 7.88. The van der Waals surface area contributed by atoms with Gasteiger partial charge in [0.05, 0.1) is 17.0 Å². The Hall–Kier alpha value is -2.29. The van der Waals surface area contributed by atoms with Crippen LogP contribution in [0.1, 0.15) is 44.2 Å². The SMILES string of the molecule is CCC(c1ccccc1)c1ccc2[nH]nc(OC(C)C)c2c1. The molecule has 3 heteroatoms. The molecule has 3 rings (SSSR count). The average molecular weight is 294 g/mol.